The minimum atomic E-state index is 0.750. The fourth-order valence-corrected chi connectivity index (χ4v) is 1.02. The molecular weight excluding hydrogens is 176 g/mol. The first-order valence-electron chi connectivity index (χ1n) is 4.63. The molecule has 0 aliphatic carbocycles. The van der Waals surface area contributed by atoms with Gasteiger partial charge in [0.2, 0.25) is 0 Å². The van der Waals surface area contributed by atoms with E-state index in [4.69, 9.17) is 10.5 Å². The zero-order chi connectivity index (χ0) is 10.8. The maximum Gasteiger partial charge on any atom is 0.116 e. The van der Waals surface area contributed by atoms with Crippen molar-refractivity contribution in [1.29, 1.82) is 0 Å². The van der Waals surface area contributed by atoms with Crippen LogP contribution in [0, 0.1) is 0 Å². The predicted octanol–water partition coefficient (Wildman–Crippen LogP) is 1.24. The highest BCUT2D eigenvalue weighted by Gasteiger charge is 1.90. The van der Waals surface area contributed by atoms with Gasteiger partial charge in [-0.05, 0) is 44.6 Å². The summed E-state index contributed by atoms with van der Waals surface area (Å²) >= 11 is 0. The van der Waals surface area contributed by atoms with Crippen LogP contribution in [0.3, 0.4) is 0 Å². The summed E-state index contributed by atoms with van der Waals surface area (Å²) in [5, 5.41) is 3.09. The lowest BCUT2D eigenvalue weighted by Crippen LogP contribution is -2.10. The molecule has 3 N–H and O–H groups in total. The third kappa shape index (κ3) is 6.20. The van der Waals surface area contributed by atoms with Crippen LogP contribution < -0.4 is 11.1 Å². The quantitative estimate of drug-likeness (QED) is 0.562. The molecule has 0 unspecified atom stereocenters. The number of likely N-dealkylation sites (N-methyl/N-ethyl adjacent to an activating group) is 1. The second-order valence-corrected chi connectivity index (χ2v) is 2.83. The molecule has 78 valence electrons. The molecule has 3 nitrogen and oxygen atoms in total. The normalized spacial score (nSPS) is 8.71. The molecule has 1 aromatic carbocycles. The minimum Gasteiger partial charge on any atom is -0.399 e. The van der Waals surface area contributed by atoms with E-state index in [1.165, 1.54) is 12.5 Å². The van der Waals surface area contributed by atoms with E-state index in [1.807, 2.05) is 25.2 Å². The minimum absolute atomic E-state index is 0.750. The van der Waals surface area contributed by atoms with Gasteiger partial charge < -0.3 is 15.8 Å². The Morgan fingerprint density at radius 3 is 2.64 bits per heavy atom. The predicted molar refractivity (Wildman–Crippen MR) is 60.2 cm³/mol. The lowest BCUT2D eigenvalue weighted by Gasteiger charge is -2.00. The molecule has 0 saturated carbocycles. The van der Waals surface area contributed by atoms with Gasteiger partial charge >= 0.3 is 0 Å². The second kappa shape index (κ2) is 8.26. The number of nitrogens with two attached hydrogens (primary N) is 1. The van der Waals surface area contributed by atoms with E-state index in [0.29, 0.717) is 0 Å². The van der Waals surface area contributed by atoms with E-state index in [2.05, 4.69) is 11.4 Å². The van der Waals surface area contributed by atoms with E-state index in [0.717, 1.165) is 24.9 Å². The summed E-state index contributed by atoms with van der Waals surface area (Å²) in [6.45, 7) is 2.45. The van der Waals surface area contributed by atoms with Crippen molar-refractivity contribution in [3.63, 3.8) is 0 Å². The van der Waals surface area contributed by atoms with Crippen LogP contribution in [0.1, 0.15) is 12.5 Å². The molecule has 0 amide bonds. The van der Waals surface area contributed by atoms with E-state index in [-0.39, 0.29) is 0 Å². The molecule has 0 fully saturated rings. The van der Waals surface area contributed by atoms with Crippen LogP contribution in [0.2, 0.25) is 0 Å². The number of aldehydes is 1. The number of nitrogen functional groups attached to an aromatic ring is 1. The van der Waals surface area contributed by atoms with Crippen molar-refractivity contribution in [3.8, 4) is 0 Å². The van der Waals surface area contributed by atoms with Gasteiger partial charge in [0, 0.05) is 5.69 Å². The summed E-state index contributed by atoms with van der Waals surface area (Å²) in [7, 11) is 1.95. The highest BCUT2D eigenvalue weighted by molar-refractivity contribution is 5.44. The number of hydrogen-bond acceptors (Lipinski definition) is 3. The maximum atomic E-state index is 8.81. The standard InChI is InChI=1S/C9H14N2.C2H4O/c1-11-6-5-8-3-2-4-9(10)7-8;1-2-3/h2-4,7,11H,5-6,10H2,1H3;2H,1H3. The Morgan fingerprint density at radius 1 is 1.50 bits per heavy atom. The monoisotopic (exact) mass is 194 g/mol. The van der Waals surface area contributed by atoms with Crippen LogP contribution in [0.15, 0.2) is 24.3 Å². The zero-order valence-electron chi connectivity index (χ0n) is 8.79. The first-order chi connectivity index (χ1) is 6.74. The molecule has 0 aromatic heterocycles. The van der Waals surface area contributed by atoms with Gasteiger partial charge in [0.05, 0.1) is 0 Å². The van der Waals surface area contributed by atoms with Crippen LogP contribution in [0.25, 0.3) is 0 Å². The summed E-state index contributed by atoms with van der Waals surface area (Å²) in [5.74, 6) is 0. The molecule has 0 aliphatic rings. The SMILES string of the molecule is CC=O.CNCCc1cccc(N)c1. The van der Waals surface area contributed by atoms with Crippen molar-refractivity contribution in [2.45, 2.75) is 13.3 Å². The number of anilines is 1. The zero-order valence-corrected chi connectivity index (χ0v) is 8.79. The Labute approximate surface area is 85.3 Å². The molecular formula is C11H18N2O. The fraction of sp³-hybridized carbons (Fsp3) is 0.364. The lowest BCUT2D eigenvalue weighted by molar-refractivity contribution is -0.106. The first-order valence-corrected chi connectivity index (χ1v) is 4.63. The van der Waals surface area contributed by atoms with Crippen LogP contribution >= 0.6 is 0 Å². The van der Waals surface area contributed by atoms with E-state index >= 15 is 0 Å². The van der Waals surface area contributed by atoms with E-state index in [9.17, 15) is 0 Å². The number of benzene rings is 1. The van der Waals surface area contributed by atoms with Gasteiger partial charge in [0.15, 0.2) is 0 Å². The Kier molecular flexibility index (Phi) is 7.46. The average molecular weight is 194 g/mol. The number of carbonyl (C=O) groups excluding carboxylic acids is 1. The molecule has 0 aliphatic heterocycles. The number of hydrogen-bond donors (Lipinski definition) is 2. The fourth-order valence-electron chi connectivity index (χ4n) is 1.02. The highest BCUT2D eigenvalue weighted by atomic mass is 16.1. The lowest BCUT2D eigenvalue weighted by atomic mass is 10.1. The smallest absolute Gasteiger partial charge is 0.116 e. The number of nitrogens with one attached hydrogen (secondary N) is 1. The van der Waals surface area contributed by atoms with Gasteiger partial charge in [0.25, 0.3) is 0 Å². The van der Waals surface area contributed by atoms with Crippen LogP contribution in [-0.4, -0.2) is 19.9 Å². The molecule has 0 atom stereocenters. The molecule has 0 radical (unpaired) electrons. The van der Waals surface area contributed by atoms with Crippen LogP contribution in [0.4, 0.5) is 5.69 Å². The molecule has 0 bridgehead atoms. The summed E-state index contributed by atoms with van der Waals surface area (Å²) in [5.41, 5.74) is 7.75. The van der Waals surface area contributed by atoms with Crippen molar-refractivity contribution >= 4 is 12.0 Å². The Bertz CT molecular complexity index is 261. The maximum absolute atomic E-state index is 8.81. The van der Waals surface area contributed by atoms with Crippen molar-refractivity contribution in [2.75, 3.05) is 19.3 Å². The molecule has 0 saturated heterocycles. The van der Waals surface area contributed by atoms with Gasteiger partial charge in [-0.2, -0.15) is 0 Å². The molecule has 1 rings (SSSR count). The van der Waals surface area contributed by atoms with Gasteiger partial charge in [0.1, 0.15) is 6.29 Å². The Hall–Kier alpha value is -1.35. The molecule has 1 aromatic rings. The second-order valence-electron chi connectivity index (χ2n) is 2.83. The van der Waals surface area contributed by atoms with Gasteiger partial charge in [-0.25, -0.2) is 0 Å². The first kappa shape index (κ1) is 12.7. The number of rotatable bonds is 3. The third-order valence-electron chi connectivity index (χ3n) is 1.61. The van der Waals surface area contributed by atoms with Crippen LogP contribution in [0.5, 0.6) is 0 Å². The third-order valence-corrected chi connectivity index (χ3v) is 1.61. The molecule has 14 heavy (non-hydrogen) atoms. The van der Waals surface area contributed by atoms with Gasteiger partial charge in [-0.1, -0.05) is 12.1 Å². The van der Waals surface area contributed by atoms with Crippen molar-refractivity contribution in [2.24, 2.45) is 0 Å². The van der Waals surface area contributed by atoms with E-state index < -0.39 is 0 Å². The van der Waals surface area contributed by atoms with Gasteiger partial charge in [-0.15, -0.1) is 0 Å². The van der Waals surface area contributed by atoms with Gasteiger partial charge in [-0.3, -0.25) is 0 Å². The Balaban J connectivity index is 0.000000500. The van der Waals surface area contributed by atoms with Crippen molar-refractivity contribution < 1.29 is 4.79 Å². The highest BCUT2D eigenvalue weighted by Crippen LogP contribution is 2.06. The van der Waals surface area contributed by atoms with Crippen LogP contribution in [-0.2, 0) is 11.2 Å². The molecule has 0 heterocycles. The number of carbonyl (C=O) groups is 1. The van der Waals surface area contributed by atoms with Crippen molar-refractivity contribution in [3.05, 3.63) is 29.8 Å². The largest absolute Gasteiger partial charge is 0.399 e. The summed E-state index contributed by atoms with van der Waals surface area (Å²) < 4.78 is 0. The summed E-state index contributed by atoms with van der Waals surface area (Å²) in [6.07, 6.45) is 1.79. The molecule has 3 heteroatoms. The van der Waals surface area contributed by atoms with E-state index in [1.54, 1.807) is 0 Å². The summed E-state index contributed by atoms with van der Waals surface area (Å²) in [4.78, 5) is 8.81. The average Bonchev–Trinajstić information content (AvgIpc) is 2.16. The summed E-state index contributed by atoms with van der Waals surface area (Å²) in [6, 6.07) is 7.99. The molecule has 0 spiro atoms. The Morgan fingerprint density at radius 2 is 2.14 bits per heavy atom. The topological polar surface area (TPSA) is 55.1 Å². The van der Waals surface area contributed by atoms with Crippen molar-refractivity contribution in [1.82, 2.24) is 5.32 Å².